The second-order valence-corrected chi connectivity index (χ2v) is 9.61. The number of imide groups is 1. The van der Waals surface area contributed by atoms with E-state index in [-0.39, 0.29) is 23.9 Å². The van der Waals surface area contributed by atoms with Gasteiger partial charge in [0.05, 0.1) is 24.7 Å². The number of rotatable bonds is 4. The summed E-state index contributed by atoms with van der Waals surface area (Å²) in [6.45, 7) is -2.52. The Kier molecular flexibility index (Phi) is 5.04. The zero-order chi connectivity index (χ0) is 26.1. The van der Waals surface area contributed by atoms with Crippen LogP contribution in [0.25, 0.3) is 5.65 Å². The predicted molar refractivity (Wildman–Crippen MR) is 120 cm³/mol. The van der Waals surface area contributed by atoms with Crippen LogP contribution in [0, 0.1) is 0 Å². The highest BCUT2D eigenvalue weighted by Gasteiger charge is 2.63. The first-order valence-corrected chi connectivity index (χ1v) is 11.6. The van der Waals surface area contributed by atoms with Crippen molar-refractivity contribution in [2.45, 2.75) is 36.0 Å². The van der Waals surface area contributed by atoms with Crippen molar-refractivity contribution in [3.8, 4) is 0 Å². The Balaban J connectivity index is 1.21. The molecule has 0 spiro atoms. The summed E-state index contributed by atoms with van der Waals surface area (Å²) in [5.41, 5.74) is 2.96. The number of halogens is 4. The van der Waals surface area contributed by atoms with Crippen LogP contribution in [0.3, 0.4) is 0 Å². The number of imidazole rings is 1. The Morgan fingerprint density at radius 1 is 1.03 bits per heavy atom. The van der Waals surface area contributed by atoms with Crippen molar-refractivity contribution in [1.29, 1.82) is 0 Å². The van der Waals surface area contributed by atoms with Gasteiger partial charge in [0.1, 0.15) is 0 Å². The normalized spacial score (nSPS) is 26.2. The number of aromatic nitrogens is 3. The molecular weight excluding hydrogens is 496 g/mol. The van der Waals surface area contributed by atoms with E-state index < -0.39 is 48.7 Å². The number of urea groups is 1. The minimum absolute atomic E-state index is 0.0467. The molecule has 0 bridgehead atoms. The maximum absolute atomic E-state index is 13.5. The molecule has 13 heteroatoms. The molecule has 2 saturated heterocycles. The molecule has 3 fully saturated rings. The Morgan fingerprint density at radius 3 is 2.41 bits per heavy atom. The summed E-state index contributed by atoms with van der Waals surface area (Å²) in [5.74, 6) is -10.4. The van der Waals surface area contributed by atoms with Gasteiger partial charge in [-0.15, -0.1) is 0 Å². The van der Waals surface area contributed by atoms with Gasteiger partial charge in [-0.25, -0.2) is 14.3 Å². The summed E-state index contributed by atoms with van der Waals surface area (Å²) in [4.78, 5) is 41.2. The van der Waals surface area contributed by atoms with E-state index in [2.05, 4.69) is 20.7 Å². The van der Waals surface area contributed by atoms with Gasteiger partial charge in [-0.05, 0) is 42.0 Å². The summed E-state index contributed by atoms with van der Waals surface area (Å²) in [6.07, 6.45) is 4.03. The van der Waals surface area contributed by atoms with Crippen molar-refractivity contribution < 1.29 is 31.9 Å². The fourth-order valence-corrected chi connectivity index (χ4v) is 5.05. The molecule has 1 unspecified atom stereocenters. The van der Waals surface area contributed by atoms with Crippen molar-refractivity contribution in [2.75, 3.05) is 19.6 Å². The molecule has 0 radical (unpaired) electrons. The monoisotopic (exact) mass is 516 g/mol. The number of nitrogens with zero attached hydrogens (tertiary/aromatic N) is 4. The fraction of sp³-hybridized carbons (Fsp3) is 0.375. The largest absolute Gasteiger partial charge is 0.337 e. The van der Waals surface area contributed by atoms with Crippen LogP contribution in [0.2, 0.25) is 0 Å². The van der Waals surface area contributed by atoms with E-state index >= 15 is 0 Å². The molecule has 1 saturated carbocycles. The lowest BCUT2D eigenvalue weighted by molar-refractivity contribution is -0.172. The fourth-order valence-electron chi connectivity index (χ4n) is 5.05. The maximum atomic E-state index is 13.5. The van der Waals surface area contributed by atoms with E-state index in [4.69, 9.17) is 0 Å². The van der Waals surface area contributed by atoms with Crippen LogP contribution in [0.4, 0.5) is 22.4 Å². The van der Waals surface area contributed by atoms with Crippen LogP contribution in [-0.2, 0) is 4.79 Å². The average molecular weight is 516 g/mol. The Bertz CT molecular complexity index is 1420. The second kappa shape index (κ2) is 7.98. The third-order valence-corrected chi connectivity index (χ3v) is 7.16. The van der Waals surface area contributed by atoms with Gasteiger partial charge in [0.15, 0.2) is 5.65 Å². The van der Waals surface area contributed by atoms with Crippen molar-refractivity contribution >= 4 is 23.5 Å². The molecule has 4 heterocycles. The third kappa shape index (κ3) is 3.89. The van der Waals surface area contributed by atoms with Gasteiger partial charge >= 0.3 is 17.9 Å². The van der Waals surface area contributed by atoms with E-state index in [0.717, 1.165) is 17.5 Å². The number of amides is 4. The Hall–Kier alpha value is -4.03. The molecule has 1 aliphatic carbocycles. The number of carbonyl (C=O) groups is 3. The maximum Gasteiger partial charge on any atom is 0.329 e. The first-order valence-electron chi connectivity index (χ1n) is 11.6. The van der Waals surface area contributed by atoms with Crippen molar-refractivity contribution in [3.05, 3.63) is 65.1 Å². The molecule has 9 nitrogen and oxygen atoms in total. The first kappa shape index (κ1) is 23.4. The van der Waals surface area contributed by atoms with Crippen molar-refractivity contribution in [2.24, 2.45) is 0 Å². The van der Waals surface area contributed by atoms with Gasteiger partial charge in [0, 0.05) is 30.1 Å². The number of hydrogen-bond donors (Lipinski definition) is 2. The molecule has 192 valence electrons. The van der Waals surface area contributed by atoms with Gasteiger partial charge in [0.25, 0.3) is 5.91 Å². The number of likely N-dealkylation sites (tertiary alicyclic amines) is 1. The second-order valence-electron chi connectivity index (χ2n) is 9.61. The first-order chi connectivity index (χ1) is 17.5. The third-order valence-electron chi connectivity index (χ3n) is 7.16. The van der Waals surface area contributed by atoms with E-state index in [1.807, 2.05) is 6.07 Å². The SMILES string of the molecule is O=C1NCC(c2cc([C@H]3C[C@@H]3c3ccc(C(=O)N4CC(F)(F)C(F)(F)C4)cc3)c3nccn3n2)C(=O)N1. The zero-order valence-corrected chi connectivity index (χ0v) is 19.1. The summed E-state index contributed by atoms with van der Waals surface area (Å²) in [5, 5.41) is 9.32. The molecule has 3 aliphatic rings. The highest BCUT2D eigenvalue weighted by atomic mass is 19.3. The minimum Gasteiger partial charge on any atom is -0.337 e. The van der Waals surface area contributed by atoms with Crippen LogP contribution >= 0.6 is 0 Å². The summed E-state index contributed by atoms with van der Waals surface area (Å²) in [6, 6.07) is 7.57. The number of nitrogens with one attached hydrogen (secondary N) is 2. The highest BCUT2D eigenvalue weighted by molar-refractivity contribution is 6.00. The number of fused-ring (bicyclic) bond motifs is 1. The van der Waals surface area contributed by atoms with E-state index in [1.54, 1.807) is 29.0 Å². The lowest BCUT2D eigenvalue weighted by atomic mass is 9.98. The molecule has 2 N–H and O–H groups in total. The van der Waals surface area contributed by atoms with Gasteiger partial charge in [-0.2, -0.15) is 22.7 Å². The zero-order valence-electron chi connectivity index (χ0n) is 19.1. The molecule has 1 aromatic carbocycles. The molecule has 4 amide bonds. The molecule has 3 atom stereocenters. The van der Waals surface area contributed by atoms with E-state index in [9.17, 15) is 31.9 Å². The molecule has 2 aromatic heterocycles. The van der Waals surface area contributed by atoms with Crippen LogP contribution < -0.4 is 10.6 Å². The van der Waals surface area contributed by atoms with Crippen LogP contribution in [-0.4, -0.2) is 68.8 Å². The topological polar surface area (TPSA) is 109 Å². The molecule has 2 aliphatic heterocycles. The number of carbonyl (C=O) groups excluding carboxylic acids is 3. The predicted octanol–water partition coefficient (Wildman–Crippen LogP) is 2.65. The average Bonchev–Trinajstić information content (AvgIpc) is 3.43. The smallest absolute Gasteiger partial charge is 0.329 e. The van der Waals surface area contributed by atoms with Gasteiger partial charge in [-0.1, -0.05) is 12.1 Å². The van der Waals surface area contributed by atoms with Gasteiger partial charge in [0.2, 0.25) is 5.91 Å². The molecular formula is C24H20F4N6O3. The van der Waals surface area contributed by atoms with Crippen LogP contribution in [0.1, 0.15) is 51.4 Å². The minimum atomic E-state index is -4.25. The molecule has 6 rings (SSSR count). The number of benzene rings is 1. The van der Waals surface area contributed by atoms with E-state index in [0.29, 0.717) is 16.2 Å². The van der Waals surface area contributed by atoms with Crippen molar-refractivity contribution in [1.82, 2.24) is 30.1 Å². The molecule has 37 heavy (non-hydrogen) atoms. The van der Waals surface area contributed by atoms with Crippen LogP contribution in [0.15, 0.2) is 42.7 Å². The number of alkyl halides is 4. The standard InChI is InChI=1S/C24H20F4N6O3/c25-23(26)10-33(11-24(23,27)28)21(36)13-3-1-12(2-4-13)14-7-15(14)16-8-18(32-34-6-5-29-19(16)34)17-9-30-22(37)31-20(17)35/h1-6,8,14-15,17H,7,9-11H2,(H2,30,31,35,37)/t14-,15+,17?/m1/s1. The summed E-state index contributed by atoms with van der Waals surface area (Å²) in [7, 11) is 0. The van der Waals surface area contributed by atoms with Crippen molar-refractivity contribution in [3.63, 3.8) is 0 Å². The molecule has 3 aromatic rings. The highest BCUT2D eigenvalue weighted by Crippen LogP contribution is 2.55. The summed E-state index contributed by atoms with van der Waals surface area (Å²) < 4.78 is 55.6. The number of hydrogen-bond acceptors (Lipinski definition) is 5. The Morgan fingerprint density at radius 2 is 1.73 bits per heavy atom. The van der Waals surface area contributed by atoms with Gasteiger partial charge in [-0.3, -0.25) is 14.9 Å². The lowest BCUT2D eigenvalue weighted by Gasteiger charge is -2.22. The van der Waals surface area contributed by atoms with Crippen LogP contribution in [0.5, 0.6) is 0 Å². The summed E-state index contributed by atoms with van der Waals surface area (Å²) >= 11 is 0. The quantitative estimate of drug-likeness (QED) is 0.519. The van der Waals surface area contributed by atoms with Gasteiger partial charge < -0.3 is 10.2 Å². The van der Waals surface area contributed by atoms with E-state index in [1.165, 1.54) is 12.1 Å². The lowest BCUT2D eigenvalue weighted by Crippen LogP contribution is -2.51. The Labute approximate surface area is 206 Å².